The molecule has 0 spiro atoms. The molecule has 0 bridgehead atoms. The molecule has 1 saturated heterocycles. The number of hydrogen-bond acceptors (Lipinski definition) is 7. The Hall–Kier alpha value is -3.21. The highest BCUT2D eigenvalue weighted by Crippen LogP contribution is 2.50. The lowest BCUT2D eigenvalue weighted by Crippen LogP contribution is -2.45. The van der Waals surface area contributed by atoms with Gasteiger partial charge in [-0.1, -0.05) is 12.1 Å². The Labute approximate surface area is 199 Å². The summed E-state index contributed by atoms with van der Waals surface area (Å²) in [6, 6.07) is 8.71. The van der Waals surface area contributed by atoms with Gasteiger partial charge in [-0.05, 0) is 55.9 Å². The van der Waals surface area contributed by atoms with E-state index in [0.717, 1.165) is 16.6 Å². The Morgan fingerprint density at radius 3 is 2.89 bits per heavy atom. The fourth-order valence-electron chi connectivity index (χ4n) is 5.71. The van der Waals surface area contributed by atoms with Crippen molar-refractivity contribution >= 4 is 27.8 Å². The number of rotatable bonds is 4. The largest absolute Gasteiger partial charge is 0.385 e. The molecule has 0 radical (unpaired) electrons. The average molecular weight is 482 g/mol. The summed E-state index contributed by atoms with van der Waals surface area (Å²) in [5.74, 6) is -0.226. The second-order valence-corrected chi connectivity index (χ2v) is 9.60. The molecular formula is C25H25F2N5O3. The van der Waals surface area contributed by atoms with Crippen LogP contribution in [-0.2, 0) is 11.2 Å². The van der Waals surface area contributed by atoms with E-state index >= 15 is 0 Å². The molecular weight excluding hydrogens is 456 g/mol. The number of aliphatic hydroxyl groups is 2. The van der Waals surface area contributed by atoms with Crippen molar-refractivity contribution in [2.45, 2.75) is 56.6 Å². The van der Waals surface area contributed by atoms with E-state index in [2.05, 4.69) is 15.0 Å². The van der Waals surface area contributed by atoms with Crippen molar-refractivity contribution in [2.24, 2.45) is 5.92 Å². The molecule has 1 aromatic carbocycles. The summed E-state index contributed by atoms with van der Waals surface area (Å²) in [6.45, 7) is 1.89. The van der Waals surface area contributed by atoms with E-state index in [9.17, 15) is 19.0 Å². The Kier molecular flexibility index (Phi) is 5.03. The van der Waals surface area contributed by atoms with Gasteiger partial charge >= 0.3 is 0 Å². The topological polar surface area (TPSA) is 119 Å². The Bertz CT molecular complexity index is 1440. The highest BCUT2D eigenvalue weighted by Gasteiger charge is 2.61. The molecule has 4 aromatic rings. The number of fused-ring (bicyclic) bond motifs is 3. The number of anilines is 1. The average Bonchev–Trinajstić information content (AvgIpc) is 3.46. The molecule has 0 amide bonds. The number of hydrogen-bond donors (Lipinski definition) is 3. The molecule has 4 heterocycles. The van der Waals surface area contributed by atoms with E-state index in [1.807, 2.05) is 25.1 Å². The fourth-order valence-corrected chi connectivity index (χ4v) is 5.71. The molecule has 3 aromatic heterocycles. The molecule has 6 rings (SSSR count). The second kappa shape index (κ2) is 7.91. The monoisotopic (exact) mass is 481 g/mol. The summed E-state index contributed by atoms with van der Waals surface area (Å²) in [5, 5.41) is 24.0. The summed E-state index contributed by atoms with van der Waals surface area (Å²) in [5.41, 5.74) is 7.02. The van der Waals surface area contributed by atoms with Crippen LogP contribution in [0.5, 0.6) is 0 Å². The van der Waals surface area contributed by atoms with E-state index < -0.39 is 30.5 Å². The van der Waals surface area contributed by atoms with Crippen LogP contribution in [0.15, 0.2) is 42.9 Å². The summed E-state index contributed by atoms with van der Waals surface area (Å²) in [4.78, 5) is 12.7. The molecule has 35 heavy (non-hydrogen) atoms. The van der Waals surface area contributed by atoms with Gasteiger partial charge in [0.05, 0.1) is 22.9 Å². The number of aryl methyl sites for hydroxylation is 1. The molecule has 182 valence electrons. The molecule has 1 unspecified atom stereocenters. The molecule has 2 fully saturated rings. The third-order valence-corrected chi connectivity index (χ3v) is 7.56. The van der Waals surface area contributed by atoms with Crippen molar-refractivity contribution in [3.05, 3.63) is 59.7 Å². The maximum atomic E-state index is 13.2. The van der Waals surface area contributed by atoms with Crippen LogP contribution in [0.3, 0.4) is 0 Å². The van der Waals surface area contributed by atoms with Crippen LogP contribution in [0.1, 0.15) is 42.3 Å². The number of nitrogen functional groups attached to an aromatic ring is 1. The smallest absolute Gasteiger partial charge is 0.267 e. The normalized spacial score (nSPS) is 28.4. The minimum atomic E-state index is -2.69. The van der Waals surface area contributed by atoms with Crippen molar-refractivity contribution in [1.29, 1.82) is 0 Å². The zero-order chi connectivity index (χ0) is 24.5. The predicted octanol–water partition coefficient (Wildman–Crippen LogP) is 3.45. The van der Waals surface area contributed by atoms with Gasteiger partial charge in [0.25, 0.3) is 6.43 Å². The van der Waals surface area contributed by atoms with Crippen molar-refractivity contribution in [3.63, 3.8) is 0 Å². The van der Waals surface area contributed by atoms with Gasteiger partial charge in [-0.3, -0.25) is 0 Å². The van der Waals surface area contributed by atoms with Gasteiger partial charge in [-0.15, -0.1) is 0 Å². The van der Waals surface area contributed by atoms with Crippen LogP contribution < -0.4 is 5.73 Å². The minimum absolute atomic E-state index is 0.0482. The molecule has 1 aliphatic heterocycles. The standard InChI is InChI=1S/C25H25F2N5O3/c1-12-16-5-7-32(23(16)30-11-29-12)24-19(33)25(34)6-4-15(20(25)35-24)8-13-2-3-14-10-17(21(26)27)22(28)31-18(14)9-13/h2-3,5,7,9-11,15,19-21,24,33-34H,4,6,8H2,1H3,(H2,28,31)/t15?,19-,20+,24+,25-/m0/s1. The first-order valence-corrected chi connectivity index (χ1v) is 11.6. The van der Waals surface area contributed by atoms with Crippen molar-refractivity contribution in [1.82, 2.24) is 19.5 Å². The lowest BCUT2D eigenvalue weighted by molar-refractivity contribution is -0.0675. The maximum Gasteiger partial charge on any atom is 0.267 e. The van der Waals surface area contributed by atoms with Gasteiger partial charge in [-0.25, -0.2) is 23.7 Å². The maximum absolute atomic E-state index is 13.2. The number of alkyl halides is 2. The zero-order valence-electron chi connectivity index (χ0n) is 19.0. The first kappa shape index (κ1) is 22.3. The Balaban J connectivity index is 1.28. The van der Waals surface area contributed by atoms with E-state index in [4.69, 9.17) is 10.5 Å². The molecule has 10 heteroatoms. The first-order chi connectivity index (χ1) is 16.8. The Morgan fingerprint density at radius 1 is 1.26 bits per heavy atom. The third-order valence-electron chi connectivity index (χ3n) is 7.56. The Morgan fingerprint density at radius 2 is 2.09 bits per heavy atom. The minimum Gasteiger partial charge on any atom is -0.385 e. The number of nitrogens with two attached hydrogens (primary N) is 1. The van der Waals surface area contributed by atoms with Crippen LogP contribution in [0, 0.1) is 12.8 Å². The van der Waals surface area contributed by atoms with Crippen LogP contribution in [-0.4, -0.2) is 47.5 Å². The summed E-state index contributed by atoms with van der Waals surface area (Å²) < 4.78 is 34.4. The number of pyridine rings is 1. The van der Waals surface area contributed by atoms with Crippen LogP contribution in [0.2, 0.25) is 0 Å². The molecule has 8 nitrogen and oxygen atoms in total. The highest BCUT2D eigenvalue weighted by molar-refractivity contribution is 5.82. The van der Waals surface area contributed by atoms with Gasteiger partial charge in [0.1, 0.15) is 29.5 Å². The predicted molar refractivity (Wildman–Crippen MR) is 125 cm³/mol. The van der Waals surface area contributed by atoms with Crippen LogP contribution >= 0.6 is 0 Å². The molecule has 5 atom stereocenters. The third kappa shape index (κ3) is 3.39. The number of aliphatic hydroxyl groups excluding tert-OH is 1. The van der Waals surface area contributed by atoms with E-state index in [0.29, 0.717) is 35.8 Å². The van der Waals surface area contributed by atoms with Gasteiger partial charge in [0.2, 0.25) is 0 Å². The molecule has 2 aliphatic rings. The van der Waals surface area contributed by atoms with Gasteiger partial charge < -0.3 is 25.3 Å². The quantitative estimate of drug-likeness (QED) is 0.408. The molecule has 1 saturated carbocycles. The van der Waals surface area contributed by atoms with Crippen molar-refractivity contribution in [3.8, 4) is 0 Å². The second-order valence-electron chi connectivity index (χ2n) is 9.60. The fraction of sp³-hybridized carbons (Fsp3) is 0.400. The number of halogens is 2. The summed E-state index contributed by atoms with van der Waals surface area (Å²) in [7, 11) is 0. The SMILES string of the molecule is Cc1ncnc2c1ccn2[C@@H]1O[C@@H]2C(Cc3ccc4cc(C(F)F)c(N)nc4c3)CC[C@]2(O)[C@H]1O. The van der Waals surface area contributed by atoms with E-state index in [1.54, 1.807) is 16.8 Å². The number of nitrogens with zero attached hydrogens (tertiary/aromatic N) is 4. The zero-order valence-corrected chi connectivity index (χ0v) is 19.0. The van der Waals surface area contributed by atoms with Crippen LogP contribution in [0.4, 0.5) is 14.6 Å². The molecule has 1 aliphatic carbocycles. The van der Waals surface area contributed by atoms with Gasteiger partial charge in [0, 0.05) is 17.0 Å². The number of aromatic nitrogens is 4. The van der Waals surface area contributed by atoms with Crippen LogP contribution in [0.25, 0.3) is 21.9 Å². The summed E-state index contributed by atoms with van der Waals surface area (Å²) in [6.07, 6.45) is -0.216. The molecule has 4 N–H and O–H groups in total. The lowest BCUT2D eigenvalue weighted by Gasteiger charge is -2.26. The number of ether oxygens (including phenoxy) is 1. The van der Waals surface area contributed by atoms with Crippen molar-refractivity contribution in [2.75, 3.05) is 5.73 Å². The van der Waals surface area contributed by atoms with E-state index in [-0.39, 0.29) is 17.3 Å². The highest BCUT2D eigenvalue weighted by atomic mass is 19.3. The van der Waals surface area contributed by atoms with E-state index in [1.165, 1.54) is 12.4 Å². The van der Waals surface area contributed by atoms with Crippen molar-refractivity contribution < 1.29 is 23.7 Å². The summed E-state index contributed by atoms with van der Waals surface area (Å²) >= 11 is 0. The van der Waals surface area contributed by atoms with Gasteiger partial charge in [-0.2, -0.15) is 0 Å². The number of benzene rings is 1. The lowest BCUT2D eigenvalue weighted by atomic mass is 9.90. The first-order valence-electron chi connectivity index (χ1n) is 11.6. The van der Waals surface area contributed by atoms with Gasteiger partial charge in [0.15, 0.2) is 6.23 Å².